The summed E-state index contributed by atoms with van der Waals surface area (Å²) in [6.45, 7) is 5.35. The van der Waals surface area contributed by atoms with E-state index in [1.165, 1.54) is 25.8 Å². The van der Waals surface area contributed by atoms with Crippen molar-refractivity contribution in [3.63, 3.8) is 0 Å². The summed E-state index contributed by atoms with van der Waals surface area (Å²) >= 11 is 0. The average molecular weight is 212 g/mol. The minimum atomic E-state index is 0.608. The molecule has 3 nitrogen and oxygen atoms in total. The third-order valence-electron chi connectivity index (χ3n) is 3.62. The predicted octanol–water partition coefficient (Wildman–Crippen LogP) is 1.24. The summed E-state index contributed by atoms with van der Waals surface area (Å²) in [5, 5.41) is 3.45. The Balaban J connectivity index is 1.96. The van der Waals surface area contributed by atoms with Crippen LogP contribution in [0.3, 0.4) is 0 Å². The summed E-state index contributed by atoms with van der Waals surface area (Å²) in [7, 11) is 2.08. The summed E-state index contributed by atoms with van der Waals surface area (Å²) in [6, 6.07) is 2.09. The molecule has 1 aliphatic carbocycles. The second-order valence-corrected chi connectivity index (χ2v) is 4.80. The summed E-state index contributed by atoms with van der Waals surface area (Å²) in [6.07, 6.45) is 5.21. The normalized spacial score (nSPS) is 32.2. The van der Waals surface area contributed by atoms with Crippen molar-refractivity contribution in [3.05, 3.63) is 0 Å². The van der Waals surface area contributed by atoms with E-state index in [4.69, 9.17) is 4.74 Å². The first-order valence-electron chi connectivity index (χ1n) is 6.37. The Morgan fingerprint density at radius 2 is 2.13 bits per heavy atom. The van der Waals surface area contributed by atoms with Crippen LogP contribution in [0.2, 0.25) is 0 Å². The maximum atomic E-state index is 5.64. The second kappa shape index (κ2) is 5.28. The zero-order chi connectivity index (χ0) is 10.7. The van der Waals surface area contributed by atoms with Crippen molar-refractivity contribution in [2.75, 3.05) is 26.8 Å². The fourth-order valence-corrected chi connectivity index (χ4v) is 2.67. The molecule has 2 atom stereocenters. The molecule has 1 N–H and O–H groups in total. The lowest BCUT2D eigenvalue weighted by atomic mass is 10.0. The van der Waals surface area contributed by atoms with E-state index < -0.39 is 0 Å². The van der Waals surface area contributed by atoms with Crippen LogP contribution in [-0.2, 0) is 4.74 Å². The zero-order valence-electron chi connectivity index (χ0n) is 10.0. The van der Waals surface area contributed by atoms with Crippen LogP contribution in [-0.4, -0.2) is 49.8 Å². The van der Waals surface area contributed by atoms with Gasteiger partial charge in [0.2, 0.25) is 0 Å². The van der Waals surface area contributed by atoms with E-state index in [1.807, 2.05) is 0 Å². The molecule has 2 aliphatic rings. The largest absolute Gasteiger partial charge is 0.380 e. The van der Waals surface area contributed by atoms with Gasteiger partial charge in [0.1, 0.15) is 0 Å². The third kappa shape index (κ3) is 2.71. The molecule has 88 valence electrons. The molecule has 1 saturated carbocycles. The fraction of sp³-hybridized carbons (Fsp3) is 1.00. The standard InChI is InChI=1S/C12H24N2O/c1-3-7-14(10-4-5-10)12-9-15-8-6-11(12)13-2/h10-13H,3-9H2,1-2H3. The molecule has 0 spiro atoms. The summed E-state index contributed by atoms with van der Waals surface area (Å²) in [5.41, 5.74) is 0. The van der Waals surface area contributed by atoms with Crippen LogP contribution in [0, 0.1) is 0 Å². The lowest BCUT2D eigenvalue weighted by Gasteiger charge is -2.39. The van der Waals surface area contributed by atoms with Crippen LogP contribution in [0.5, 0.6) is 0 Å². The lowest BCUT2D eigenvalue weighted by Crippen LogP contribution is -2.55. The number of hydrogen-bond donors (Lipinski definition) is 1. The highest BCUT2D eigenvalue weighted by Gasteiger charge is 2.37. The quantitative estimate of drug-likeness (QED) is 0.742. The van der Waals surface area contributed by atoms with Crippen molar-refractivity contribution in [1.29, 1.82) is 0 Å². The van der Waals surface area contributed by atoms with Gasteiger partial charge in [-0.1, -0.05) is 6.92 Å². The van der Waals surface area contributed by atoms with Crippen LogP contribution >= 0.6 is 0 Å². The minimum Gasteiger partial charge on any atom is -0.380 e. The highest BCUT2D eigenvalue weighted by atomic mass is 16.5. The Kier molecular flexibility index (Phi) is 4.00. The Hall–Kier alpha value is -0.120. The Morgan fingerprint density at radius 3 is 2.73 bits per heavy atom. The SMILES string of the molecule is CCCN(C1CC1)C1COCCC1NC. The molecule has 0 aromatic heterocycles. The molecule has 0 aromatic rings. The first-order chi connectivity index (χ1) is 7.36. The van der Waals surface area contributed by atoms with Crippen molar-refractivity contribution in [2.24, 2.45) is 0 Å². The smallest absolute Gasteiger partial charge is 0.0637 e. The van der Waals surface area contributed by atoms with Gasteiger partial charge in [-0.2, -0.15) is 0 Å². The molecule has 1 saturated heterocycles. The first-order valence-corrected chi connectivity index (χ1v) is 6.37. The van der Waals surface area contributed by atoms with Crippen LogP contribution in [0.4, 0.5) is 0 Å². The van der Waals surface area contributed by atoms with E-state index in [9.17, 15) is 0 Å². The van der Waals surface area contributed by atoms with Gasteiger partial charge in [0, 0.05) is 24.7 Å². The molecule has 0 amide bonds. The molecule has 0 bridgehead atoms. The van der Waals surface area contributed by atoms with Gasteiger partial charge in [-0.15, -0.1) is 0 Å². The number of nitrogens with one attached hydrogen (secondary N) is 1. The highest BCUT2D eigenvalue weighted by Crippen LogP contribution is 2.31. The van der Waals surface area contributed by atoms with Gasteiger partial charge in [0.15, 0.2) is 0 Å². The average Bonchev–Trinajstić information content (AvgIpc) is 3.10. The molecular weight excluding hydrogens is 188 g/mol. The summed E-state index contributed by atoms with van der Waals surface area (Å²) < 4.78 is 5.64. The van der Waals surface area contributed by atoms with Gasteiger partial charge in [-0.05, 0) is 39.3 Å². The monoisotopic (exact) mass is 212 g/mol. The number of rotatable bonds is 5. The van der Waals surface area contributed by atoms with Gasteiger partial charge in [-0.3, -0.25) is 4.90 Å². The molecule has 2 fully saturated rings. The van der Waals surface area contributed by atoms with E-state index in [2.05, 4.69) is 24.2 Å². The van der Waals surface area contributed by atoms with Gasteiger partial charge in [0.05, 0.1) is 6.61 Å². The van der Waals surface area contributed by atoms with Gasteiger partial charge in [0.25, 0.3) is 0 Å². The van der Waals surface area contributed by atoms with Crippen molar-refractivity contribution >= 4 is 0 Å². The number of hydrogen-bond acceptors (Lipinski definition) is 3. The highest BCUT2D eigenvalue weighted by molar-refractivity contribution is 4.94. The Labute approximate surface area is 93.2 Å². The van der Waals surface area contributed by atoms with E-state index in [0.717, 1.165) is 25.7 Å². The molecule has 3 heteroatoms. The third-order valence-corrected chi connectivity index (χ3v) is 3.62. The predicted molar refractivity (Wildman–Crippen MR) is 62.1 cm³/mol. The van der Waals surface area contributed by atoms with E-state index in [1.54, 1.807) is 0 Å². The molecule has 0 aromatic carbocycles. The molecule has 15 heavy (non-hydrogen) atoms. The van der Waals surface area contributed by atoms with Crippen molar-refractivity contribution < 1.29 is 4.74 Å². The Bertz CT molecular complexity index is 194. The maximum absolute atomic E-state index is 5.64. The second-order valence-electron chi connectivity index (χ2n) is 4.80. The fourth-order valence-electron chi connectivity index (χ4n) is 2.67. The number of likely N-dealkylation sites (N-methyl/N-ethyl adjacent to an activating group) is 1. The van der Waals surface area contributed by atoms with Gasteiger partial charge >= 0.3 is 0 Å². The summed E-state index contributed by atoms with van der Waals surface area (Å²) in [5.74, 6) is 0. The van der Waals surface area contributed by atoms with Crippen LogP contribution in [0.15, 0.2) is 0 Å². The molecule has 0 radical (unpaired) electrons. The summed E-state index contributed by atoms with van der Waals surface area (Å²) in [4.78, 5) is 2.68. The van der Waals surface area contributed by atoms with E-state index in [0.29, 0.717) is 12.1 Å². The molecule has 1 heterocycles. The zero-order valence-corrected chi connectivity index (χ0v) is 10.0. The van der Waals surface area contributed by atoms with E-state index in [-0.39, 0.29) is 0 Å². The molecule has 2 unspecified atom stereocenters. The van der Waals surface area contributed by atoms with Crippen LogP contribution in [0.25, 0.3) is 0 Å². The lowest BCUT2D eigenvalue weighted by molar-refractivity contribution is -0.00486. The molecule has 1 aliphatic heterocycles. The first kappa shape index (κ1) is 11.4. The Morgan fingerprint density at radius 1 is 1.33 bits per heavy atom. The van der Waals surface area contributed by atoms with Crippen LogP contribution in [0.1, 0.15) is 32.6 Å². The van der Waals surface area contributed by atoms with Crippen molar-refractivity contribution in [2.45, 2.75) is 50.7 Å². The maximum Gasteiger partial charge on any atom is 0.0637 e. The molecule has 2 rings (SSSR count). The van der Waals surface area contributed by atoms with Crippen LogP contribution < -0.4 is 5.32 Å². The van der Waals surface area contributed by atoms with Gasteiger partial charge in [-0.25, -0.2) is 0 Å². The minimum absolute atomic E-state index is 0.608. The topological polar surface area (TPSA) is 24.5 Å². The number of nitrogens with zero attached hydrogens (tertiary/aromatic N) is 1. The van der Waals surface area contributed by atoms with E-state index >= 15 is 0 Å². The molecular formula is C12H24N2O. The number of ether oxygens (including phenoxy) is 1. The van der Waals surface area contributed by atoms with Crippen molar-refractivity contribution in [1.82, 2.24) is 10.2 Å². The van der Waals surface area contributed by atoms with Gasteiger partial charge < -0.3 is 10.1 Å². The van der Waals surface area contributed by atoms with Crippen molar-refractivity contribution in [3.8, 4) is 0 Å².